The summed E-state index contributed by atoms with van der Waals surface area (Å²) in [6.07, 6.45) is 4.33. The first-order valence-electron chi connectivity index (χ1n) is 9.86. The number of amides is 1. The first-order valence-corrected chi connectivity index (χ1v) is 10.7. The molecule has 0 aliphatic carbocycles. The van der Waals surface area contributed by atoms with E-state index in [-0.39, 0.29) is 5.91 Å². The molecule has 1 aromatic heterocycles. The SMILES string of the molecule is CCOC(=O)c1ccsc1NC(=O)CN1CCN(C/C=C/c2ccccc2)CC1. The van der Waals surface area contributed by atoms with Crippen LogP contribution in [0.15, 0.2) is 47.9 Å². The van der Waals surface area contributed by atoms with Crippen molar-refractivity contribution in [1.82, 2.24) is 9.80 Å². The van der Waals surface area contributed by atoms with Crippen LogP contribution in [0.25, 0.3) is 6.08 Å². The molecule has 0 spiro atoms. The smallest absolute Gasteiger partial charge is 0.341 e. The third-order valence-electron chi connectivity index (χ3n) is 4.72. The maximum Gasteiger partial charge on any atom is 0.341 e. The summed E-state index contributed by atoms with van der Waals surface area (Å²) in [7, 11) is 0. The zero-order valence-corrected chi connectivity index (χ0v) is 17.5. The van der Waals surface area contributed by atoms with Crippen molar-refractivity contribution >= 4 is 34.3 Å². The van der Waals surface area contributed by atoms with Crippen molar-refractivity contribution in [2.75, 3.05) is 51.2 Å². The van der Waals surface area contributed by atoms with Gasteiger partial charge in [-0.3, -0.25) is 14.6 Å². The number of anilines is 1. The highest BCUT2D eigenvalue weighted by Crippen LogP contribution is 2.24. The summed E-state index contributed by atoms with van der Waals surface area (Å²) in [5.74, 6) is -0.503. The van der Waals surface area contributed by atoms with Crippen LogP contribution in [0, 0.1) is 0 Å². The number of esters is 1. The molecular weight excluding hydrogens is 386 g/mol. The molecule has 154 valence electrons. The van der Waals surface area contributed by atoms with E-state index in [2.05, 4.69) is 39.4 Å². The lowest BCUT2D eigenvalue weighted by Gasteiger charge is -2.33. The average molecular weight is 414 g/mol. The molecule has 0 unspecified atom stereocenters. The van der Waals surface area contributed by atoms with Crippen molar-refractivity contribution in [2.45, 2.75) is 6.92 Å². The third kappa shape index (κ3) is 6.52. The number of ether oxygens (including phenoxy) is 1. The minimum atomic E-state index is -0.402. The number of nitrogens with one attached hydrogen (secondary N) is 1. The van der Waals surface area contributed by atoms with Gasteiger partial charge in [0.25, 0.3) is 0 Å². The molecule has 0 saturated carbocycles. The Balaban J connectivity index is 1.40. The number of rotatable bonds is 8. The van der Waals surface area contributed by atoms with Crippen LogP contribution >= 0.6 is 11.3 Å². The minimum Gasteiger partial charge on any atom is -0.462 e. The van der Waals surface area contributed by atoms with Crippen molar-refractivity contribution in [3.05, 3.63) is 59.0 Å². The van der Waals surface area contributed by atoms with E-state index in [1.54, 1.807) is 18.4 Å². The highest BCUT2D eigenvalue weighted by Gasteiger charge is 2.20. The van der Waals surface area contributed by atoms with Crippen LogP contribution in [0.5, 0.6) is 0 Å². The van der Waals surface area contributed by atoms with Crippen LogP contribution in [0.3, 0.4) is 0 Å². The second kappa shape index (κ2) is 10.9. The topological polar surface area (TPSA) is 61.9 Å². The lowest BCUT2D eigenvalue weighted by molar-refractivity contribution is -0.117. The van der Waals surface area contributed by atoms with E-state index in [1.807, 2.05) is 18.2 Å². The number of benzene rings is 1. The lowest BCUT2D eigenvalue weighted by Crippen LogP contribution is -2.48. The molecule has 1 aliphatic rings. The summed E-state index contributed by atoms with van der Waals surface area (Å²) in [6, 6.07) is 12.0. The highest BCUT2D eigenvalue weighted by molar-refractivity contribution is 7.14. The van der Waals surface area contributed by atoms with Crippen LogP contribution < -0.4 is 5.32 Å². The van der Waals surface area contributed by atoms with Crippen molar-refractivity contribution in [3.8, 4) is 0 Å². The maximum absolute atomic E-state index is 12.4. The molecule has 2 aromatic rings. The largest absolute Gasteiger partial charge is 0.462 e. The molecule has 3 rings (SSSR count). The normalized spacial score (nSPS) is 15.5. The second-order valence-corrected chi connectivity index (χ2v) is 7.74. The molecule has 1 aliphatic heterocycles. The maximum atomic E-state index is 12.4. The molecule has 7 heteroatoms. The van der Waals surface area contributed by atoms with Crippen LogP contribution in [-0.4, -0.2) is 67.6 Å². The van der Waals surface area contributed by atoms with E-state index < -0.39 is 5.97 Å². The van der Waals surface area contributed by atoms with Gasteiger partial charge in [-0.05, 0) is 23.9 Å². The number of thiophene rings is 1. The van der Waals surface area contributed by atoms with E-state index in [0.29, 0.717) is 23.7 Å². The van der Waals surface area contributed by atoms with Gasteiger partial charge in [-0.1, -0.05) is 42.5 Å². The van der Waals surface area contributed by atoms with Gasteiger partial charge in [0.05, 0.1) is 18.7 Å². The molecule has 0 radical (unpaired) electrons. The zero-order valence-electron chi connectivity index (χ0n) is 16.7. The molecule has 6 nitrogen and oxygen atoms in total. The number of nitrogens with zero attached hydrogens (tertiary/aromatic N) is 2. The fourth-order valence-electron chi connectivity index (χ4n) is 3.18. The average Bonchev–Trinajstić information content (AvgIpc) is 3.18. The Bertz CT molecular complexity index is 827. The van der Waals surface area contributed by atoms with E-state index in [9.17, 15) is 9.59 Å². The Kier molecular flexibility index (Phi) is 7.98. The van der Waals surface area contributed by atoms with Crippen LogP contribution in [0.4, 0.5) is 5.00 Å². The van der Waals surface area contributed by atoms with Crippen molar-refractivity contribution in [2.24, 2.45) is 0 Å². The molecule has 1 amide bonds. The summed E-state index contributed by atoms with van der Waals surface area (Å²) in [5.41, 5.74) is 1.62. The minimum absolute atomic E-state index is 0.101. The van der Waals surface area contributed by atoms with Crippen LogP contribution in [0.1, 0.15) is 22.8 Å². The number of piperazine rings is 1. The lowest BCUT2D eigenvalue weighted by atomic mass is 10.2. The molecule has 0 atom stereocenters. The van der Waals surface area contributed by atoms with Gasteiger partial charge in [0.15, 0.2) is 0 Å². The Morgan fingerprint density at radius 1 is 1.10 bits per heavy atom. The first kappa shape index (κ1) is 21.2. The van der Waals surface area contributed by atoms with Crippen molar-refractivity contribution in [3.63, 3.8) is 0 Å². The molecule has 1 aromatic carbocycles. The Morgan fingerprint density at radius 3 is 2.55 bits per heavy atom. The molecule has 1 N–H and O–H groups in total. The van der Waals surface area contributed by atoms with E-state index in [0.717, 1.165) is 32.7 Å². The number of carbonyl (C=O) groups excluding carboxylic acids is 2. The number of hydrogen-bond acceptors (Lipinski definition) is 6. The van der Waals surface area contributed by atoms with Crippen molar-refractivity contribution < 1.29 is 14.3 Å². The molecular formula is C22H27N3O3S. The van der Waals surface area contributed by atoms with Gasteiger partial charge in [0.1, 0.15) is 5.00 Å². The van der Waals surface area contributed by atoms with Gasteiger partial charge < -0.3 is 10.1 Å². The molecule has 2 heterocycles. The van der Waals surface area contributed by atoms with Crippen LogP contribution in [-0.2, 0) is 9.53 Å². The summed E-state index contributed by atoms with van der Waals surface area (Å²) in [5, 5.41) is 5.19. The summed E-state index contributed by atoms with van der Waals surface area (Å²) in [6.45, 7) is 6.87. The van der Waals surface area contributed by atoms with Crippen molar-refractivity contribution in [1.29, 1.82) is 0 Å². The summed E-state index contributed by atoms with van der Waals surface area (Å²) < 4.78 is 5.03. The summed E-state index contributed by atoms with van der Waals surface area (Å²) >= 11 is 1.33. The molecule has 1 saturated heterocycles. The Morgan fingerprint density at radius 2 is 1.83 bits per heavy atom. The fraction of sp³-hybridized carbons (Fsp3) is 0.364. The van der Waals surface area contributed by atoms with E-state index in [4.69, 9.17) is 4.74 Å². The van der Waals surface area contributed by atoms with Gasteiger partial charge >= 0.3 is 5.97 Å². The standard InChI is InChI=1S/C22H27N3O3S/c1-2-28-22(27)19-10-16-29-21(19)23-20(26)17-25-14-12-24(13-15-25)11-6-9-18-7-4-3-5-8-18/h3-10,16H,2,11-15,17H2,1H3,(H,23,26)/b9-6+. The second-order valence-electron chi connectivity index (χ2n) is 6.82. The predicted octanol–water partition coefficient (Wildman–Crippen LogP) is 3.19. The molecule has 1 fully saturated rings. The highest BCUT2D eigenvalue weighted by atomic mass is 32.1. The predicted molar refractivity (Wildman–Crippen MR) is 117 cm³/mol. The van der Waals surface area contributed by atoms with Gasteiger partial charge in [-0.25, -0.2) is 4.79 Å². The zero-order chi connectivity index (χ0) is 20.5. The first-order chi connectivity index (χ1) is 14.2. The van der Waals surface area contributed by atoms with Gasteiger partial charge in [-0.2, -0.15) is 0 Å². The van der Waals surface area contributed by atoms with Gasteiger partial charge in [0.2, 0.25) is 5.91 Å². The van der Waals surface area contributed by atoms with E-state index >= 15 is 0 Å². The monoisotopic (exact) mass is 413 g/mol. The Hall–Kier alpha value is -2.48. The number of hydrogen-bond donors (Lipinski definition) is 1. The summed E-state index contributed by atoms with van der Waals surface area (Å²) in [4.78, 5) is 28.8. The molecule has 0 bridgehead atoms. The quantitative estimate of drug-likeness (QED) is 0.674. The van der Waals surface area contributed by atoms with E-state index in [1.165, 1.54) is 16.9 Å². The van der Waals surface area contributed by atoms with Crippen LogP contribution in [0.2, 0.25) is 0 Å². The van der Waals surface area contributed by atoms with Gasteiger partial charge in [-0.15, -0.1) is 11.3 Å². The molecule has 29 heavy (non-hydrogen) atoms. The third-order valence-corrected chi connectivity index (χ3v) is 5.55. The Labute approximate surface area is 175 Å². The fourth-order valence-corrected chi connectivity index (χ4v) is 3.97. The van der Waals surface area contributed by atoms with Gasteiger partial charge in [0, 0.05) is 32.7 Å². The number of carbonyl (C=O) groups is 2.